The first-order chi connectivity index (χ1) is 5.81. The van der Waals surface area contributed by atoms with Crippen LogP contribution in [-0.2, 0) is 0 Å². The van der Waals surface area contributed by atoms with Gasteiger partial charge in [0.25, 0.3) is 0 Å². The van der Waals surface area contributed by atoms with Gasteiger partial charge in [-0.1, -0.05) is 0 Å². The highest BCUT2D eigenvalue weighted by Crippen LogP contribution is 2.23. The van der Waals surface area contributed by atoms with Gasteiger partial charge < -0.3 is 9.73 Å². The largest absolute Gasteiger partial charge is 0.461 e. The van der Waals surface area contributed by atoms with E-state index in [2.05, 4.69) is 5.32 Å². The third-order valence-electron chi connectivity index (χ3n) is 1.79. The average Bonchev–Trinajstić information content (AvgIpc) is 2.52. The normalized spacial score (nSPS) is 10.5. The molecule has 3 heteroatoms. The van der Waals surface area contributed by atoms with Gasteiger partial charge in [0.15, 0.2) is 11.4 Å². The van der Waals surface area contributed by atoms with Crippen molar-refractivity contribution in [3.05, 3.63) is 30.3 Å². The summed E-state index contributed by atoms with van der Waals surface area (Å²) in [5.74, 6) is -0.332. The molecule has 0 atom stereocenters. The highest BCUT2D eigenvalue weighted by Gasteiger charge is 2.04. The number of fused-ring (bicyclic) bond motifs is 1. The molecule has 12 heavy (non-hydrogen) atoms. The minimum Gasteiger partial charge on any atom is -0.461 e. The summed E-state index contributed by atoms with van der Waals surface area (Å²) >= 11 is 0. The van der Waals surface area contributed by atoms with E-state index in [1.54, 1.807) is 13.1 Å². The smallest absolute Gasteiger partial charge is 0.169 e. The predicted octanol–water partition coefficient (Wildman–Crippen LogP) is 2.61. The first-order valence-electron chi connectivity index (χ1n) is 3.66. The molecule has 0 saturated carbocycles. The van der Waals surface area contributed by atoms with Gasteiger partial charge in [-0.15, -0.1) is 0 Å². The molecule has 2 aromatic rings. The van der Waals surface area contributed by atoms with E-state index in [0.717, 1.165) is 11.1 Å². The Morgan fingerprint density at radius 2 is 2.25 bits per heavy atom. The number of anilines is 1. The molecule has 2 nitrogen and oxygen atoms in total. The minimum absolute atomic E-state index is 0.314. The van der Waals surface area contributed by atoms with E-state index in [0.29, 0.717) is 5.58 Å². The summed E-state index contributed by atoms with van der Waals surface area (Å²) < 4.78 is 18.1. The van der Waals surface area contributed by atoms with Crippen molar-refractivity contribution >= 4 is 16.7 Å². The molecule has 0 bridgehead atoms. The lowest BCUT2D eigenvalue weighted by atomic mass is 10.2. The van der Waals surface area contributed by atoms with Crippen LogP contribution in [0.2, 0.25) is 0 Å². The molecule has 0 saturated heterocycles. The molecular weight excluding hydrogens is 157 g/mol. The molecule has 1 aromatic heterocycles. The Morgan fingerprint density at radius 1 is 1.42 bits per heavy atom. The SMILES string of the molecule is CNc1cc(F)c2occc2c1. The van der Waals surface area contributed by atoms with Crippen molar-refractivity contribution in [1.82, 2.24) is 0 Å². The summed E-state index contributed by atoms with van der Waals surface area (Å²) in [6, 6.07) is 4.98. The fourth-order valence-corrected chi connectivity index (χ4v) is 1.18. The van der Waals surface area contributed by atoms with Crippen molar-refractivity contribution in [2.45, 2.75) is 0 Å². The Hall–Kier alpha value is -1.51. The quantitative estimate of drug-likeness (QED) is 0.702. The third-order valence-corrected chi connectivity index (χ3v) is 1.79. The molecule has 0 amide bonds. The molecule has 1 aromatic carbocycles. The van der Waals surface area contributed by atoms with Gasteiger partial charge in [-0.2, -0.15) is 0 Å². The Labute approximate surface area is 69.0 Å². The molecule has 0 unspecified atom stereocenters. The van der Waals surface area contributed by atoms with Gasteiger partial charge in [0, 0.05) is 24.2 Å². The highest BCUT2D eigenvalue weighted by molar-refractivity contribution is 5.81. The lowest BCUT2D eigenvalue weighted by molar-refractivity contribution is 0.560. The van der Waals surface area contributed by atoms with Gasteiger partial charge in [0.1, 0.15) is 0 Å². The van der Waals surface area contributed by atoms with Crippen LogP contribution in [0.3, 0.4) is 0 Å². The monoisotopic (exact) mass is 165 g/mol. The Kier molecular flexibility index (Phi) is 1.50. The number of hydrogen-bond acceptors (Lipinski definition) is 2. The second-order valence-electron chi connectivity index (χ2n) is 2.55. The molecule has 0 aliphatic rings. The minimum atomic E-state index is -0.332. The lowest BCUT2D eigenvalue weighted by Crippen LogP contribution is -1.88. The van der Waals surface area contributed by atoms with Crippen molar-refractivity contribution in [2.75, 3.05) is 12.4 Å². The van der Waals surface area contributed by atoms with Gasteiger partial charge in [0.2, 0.25) is 0 Å². The molecule has 1 N–H and O–H groups in total. The molecule has 2 rings (SSSR count). The van der Waals surface area contributed by atoms with Crippen LogP contribution in [0.15, 0.2) is 28.9 Å². The fraction of sp³-hybridized carbons (Fsp3) is 0.111. The van der Waals surface area contributed by atoms with Gasteiger partial charge in [-0.3, -0.25) is 0 Å². The maximum atomic E-state index is 13.1. The number of halogens is 1. The van der Waals surface area contributed by atoms with Crippen molar-refractivity contribution < 1.29 is 8.81 Å². The van der Waals surface area contributed by atoms with E-state index in [1.165, 1.54) is 12.3 Å². The van der Waals surface area contributed by atoms with E-state index >= 15 is 0 Å². The standard InChI is InChI=1S/C9H8FNO/c1-11-7-4-6-2-3-12-9(6)8(10)5-7/h2-5,11H,1H3. The van der Waals surface area contributed by atoms with Crippen molar-refractivity contribution in [3.8, 4) is 0 Å². The zero-order chi connectivity index (χ0) is 8.55. The molecule has 0 fully saturated rings. The Morgan fingerprint density at radius 3 is 3.00 bits per heavy atom. The highest BCUT2D eigenvalue weighted by atomic mass is 19.1. The third kappa shape index (κ3) is 0.942. The number of nitrogens with one attached hydrogen (secondary N) is 1. The van der Waals surface area contributed by atoms with Crippen LogP contribution < -0.4 is 5.32 Å². The Balaban J connectivity index is 2.75. The van der Waals surface area contributed by atoms with E-state index in [-0.39, 0.29) is 5.82 Å². The molecule has 0 aliphatic carbocycles. The summed E-state index contributed by atoms with van der Waals surface area (Å²) in [5, 5.41) is 3.65. The average molecular weight is 165 g/mol. The second-order valence-corrected chi connectivity index (χ2v) is 2.55. The summed E-state index contributed by atoms with van der Waals surface area (Å²) in [7, 11) is 1.75. The summed E-state index contributed by atoms with van der Waals surface area (Å²) in [4.78, 5) is 0. The van der Waals surface area contributed by atoms with Crippen LogP contribution in [0.1, 0.15) is 0 Å². The van der Waals surface area contributed by atoms with Crippen LogP contribution in [0.5, 0.6) is 0 Å². The number of benzene rings is 1. The van der Waals surface area contributed by atoms with E-state index in [9.17, 15) is 4.39 Å². The van der Waals surface area contributed by atoms with E-state index < -0.39 is 0 Å². The number of hydrogen-bond donors (Lipinski definition) is 1. The van der Waals surface area contributed by atoms with Gasteiger partial charge in [0.05, 0.1) is 6.26 Å². The van der Waals surface area contributed by atoms with Crippen LogP contribution >= 0.6 is 0 Å². The predicted molar refractivity (Wildman–Crippen MR) is 45.7 cm³/mol. The summed E-state index contributed by atoms with van der Waals surface area (Å²) in [6.45, 7) is 0. The van der Waals surface area contributed by atoms with Crippen molar-refractivity contribution in [1.29, 1.82) is 0 Å². The molecule has 1 heterocycles. The summed E-state index contributed by atoms with van der Waals surface area (Å²) in [6.07, 6.45) is 1.48. The van der Waals surface area contributed by atoms with Crippen LogP contribution in [-0.4, -0.2) is 7.05 Å². The fourth-order valence-electron chi connectivity index (χ4n) is 1.18. The van der Waals surface area contributed by atoms with Gasteiger partial charge in [-0.05, 0) is 12.1 Å². The van der Waals surface area contributed by atoms with Crippen LogP contribution in [0.25, 0.3) is 11.0 Å². The van der Waals surface area contributed by atoms with Crippen LogP contribution in [0, 0.1) is 5.82 Å². The maximum absolute atomic E-state index is 13.1. The molecule has 0 spiro atoms. The van der Waals surface area contributed by atoms with Crippen molar-refractivity contribution in [3.63, 3.8) is 0 Å². The number of furan rings is 1. The number of rotatable bonds is 1. The first kappa shape index (κ1) is 7.16. The van der Waals surface area contributed by atoms with Crippen molar-refractivity contribution in [2.24, 2.45) is 0 Å². The first-order valence-corrected chi connectivity index (χ1v) is 3.66. The van der Waals surface area contributed by atoms with Gasteiger partial charge in [-0.25, -0.2) is 4.39 Å². The summed E-state index contributed by atoms with van der Waals surface area (Å²) in [5.41, 5.74) is 1.07. The van der Waals surface area contributed by atoms with E-state index in [4.69, 9.17) is 4.42 Å². The van der Waals surface area contributed by atoms with Gasteiger partial charge >= 0.3 is 0 Å². The van der Waals surface area contributed by atoms with Crippen LogP contribution in [0.4, 0.5) is 10.1 Å². The molecule has 0 aliphatic heterocycles. The molecule has 62 valence electrons. The zero-order valence-corrected chi connectivity index (χ0v) is 6.60. The topological polar surface area (TPSA) is 25.2 Å². The molecule has 0 radical (unpaired) electrons. The Bertz CT molecular complexity index is 408. The maximum Gasteiger partial charge on any atom is 0.169 e. The molecular formula is C9H8FNO. The lowest BCUT2D eigenvalue weighted by Gasteiger charge is -1.99. The van der Waals surface area contributed by atoms with E-state index in [1.807, 2.05) is 6.07 Å². The zero-order valence-electron chi connectivity index (χ0n) is 6.60. The second kappa shape index (κ2) is 2.52.